The third-order valence-electron chi connectivity index (χ3n) is 4.70. The van der Waals surface area contributed by atoms with Gasteiger partial charge in [0.05, 0.1) is 15.9 Å². The molecule has 28 heavy (non-hydrogen) atoms. The maximum absolute atomic E-state index is 14.2. The van der Waals surface area contributed by atoms with E-state index < -0.39 is 22.8 Å². The largest absolute Gasteiger partial charge is 0.507 e. The van der Waals surface area contributed by atoms with E-state index in [-0.39, 0.29) is 28.1 Å². The van der Waals surface area contributed by atoms with Crippen LogP contribution in [-0.4, -0.2) is 20.7 Å². The molecule has 2 aromatic carbocycles. The van der Waals surface area contributed by atoms with E-state index in [1.807, 2.05) is 6.92 Å². The number of carbonyl (C=O) groups is 1. The number of aryl methyl sites for hydroxylation is 1. The SMILES string of the molecule is CCCCn1cc(C(=O)O)c(=O)c2c(O)c(Cc3cccc(Cl)c3F)ccc21. The van der Waals surface area contributed by atoms with Crippen LogP contribution in [0.3, 0.4) is 0 Å². The number of phenolic OH excluding ortho intramolecular Hbond substituents is 1. The summed E-state index contributed by atoms with van der Waals surface area (Å²) in [5, 5.41) is 20.0. The van der Waals surface area contributed by atoms with Crippen molar-refractivity contribution in [3.8, 4) is 5.75 Å². The van der Waals surface area contributed by atoms with Gasteiger partial charge >= 0.3 is 5.97 Å². The highest BCUT2D eigenvalue weighted by molar-refractivity contribution is 6.30. The molecule has 0 aliphatic carbocycles. The first kappa shape index (κ1) is 19.9. The van der Waals surface area contributed by atoms with Crippen LogP contribution in [0.1, 0.15) is 41.3 Å². The Morgan fingerprint density at radius 1 is 1.21 bits per heavy atom. The summed E-state index contributed by atoms with van der Waals surface area (Å²) < 4.78 is 15.9. The molecule has 0 radical (unpaired) electrons. The van der Waals surface area contributed by atoms with Gasteiger partial charge in [0.25, 0.3) is 0 Å². The first-order valence-electron chi connectivity index (χ1n) is 8.89. The number of rotatable bonds is 6. The summed E-state index contributed by atoms with van der Waals surface area (Å²) in [7, 11) is 0. The standard InChI is InChI=1S/C21H19ClFNO4/c1-2-3-9-24-11-14(21(27)28)20(26)17-16(24)8-7-13(19(17)25)10-12-5-4-6-15(22)18(12)23/h4-8,11,25H,2-3,9-10H2,1H3,(H,27,28). The normalized spacial score (nSPS) is 11.1. The van der Waals surface area contributed by atoms with Crippen LogP contribution in [0.2, 0.25) is 5.02 Å². The predicted octanol–water partition coefficient (Wildman–Crippen LogP) is 4.59. The molecule has 0 unspecified atom stereocenters. The maximum atomic E-state index is 14.2. The number of aromatic nitrogens is 1. The van der Waals surface area contributed by atoms with Crippen LogP contribution in [0.15, 0.2) is 41.3 Å². The first-order valence-corrected chi connectivity index (χ1v) is 9.27. The number of halogens is 2. The topological polar surface area (TPSA) is 79.5 Å². The molecule has 0 spiro atoms. The fourth-order valence-corrected chi connectivity index (χ4v) is 3.40. The molecule has 5 nitrogen and oxygen atoms in total. The zero-order chi connectivity index (χ0) is 20.4. The van der Waals surface area contributed by atoms with E-state index in [0.717, 1.165) is 12.8 Å². The number of aromatic hydroxyl groups is 1. The molecule has 1 heterocycles. The van der Waals surface area contributed by atoms with Crippen LogP contribution in [-0.2, 0) is 13.0 Å². The van der Waals surface area contributed by atoms with E-state index in [9.17, 15) is 24.2 Å². The molecule has 0 atom stereocenters. The third kappa shape index (κ3) is 3.60. The van der Waals surface area contributed by atoms with E-state index in [4.69, 9.17) is 11.6 Å². The highest BCUT2D eigenvalue weighted by atomic mass is 35.5. The quantitative estimate of drug-likeness (QED) is 0.631. The Kier molecular flexibility index (Phi) is 5.70. The Balaban J connectivity index is 2.21. The molecule has 3 rings (SSSR count). The maximum Gasteiger partial charge on any atom is 0.341 e. The zero-order valence-electron chi connectivity index (χ0n) is 15.2. The molecule has 146 valence electrons. The van der Waals surface area contributed by atoms with Gasteiger partial charge < -0.3 is 14.8 Å². The minimum Gasteiger partial charge on any atom is -0.507 e. The lowest BCUT2D eigenvalue weighted by Gasteiger charge is -2.15. The lowest BCUT2D eigenvalue weighted by molar-refractivity contribution is 0.0695. The molecule has 3 aromatic rings. The number of hydrogen-bond donors (Lipinski definition) is 2. The van der Waals surface area contributed by atoms with Gasteiger partial charge in [0.2, 0.25) is 5.43 Å². The second-order valence-corrected chi connectivity index (χ2v) is 6.99. The monoisotopic (exact) mass is 403 g/mol. The Morgan fingerprint density at radius 2 is 1.96 bits per heavy atom. The second kappa shape index (κ2) is 8.02. The van der Waals surface area contributed by atoms with Crippen molar-refractivity contribution in [3.05, 3.63) is 74.3 Å². The van der Waals surface area contributed by atoms with E-state index in [1.54, 1.807) is 22.8 Å². The van der Waals surface area contributed by atoms with Crippen molar-refractivity contribution in [1.29, 1.82) is 0 Å². The number of nitrogens with zero attached hydrogens (tertiary/aromatic N) is 1. The van der Waals surface area contributed by atoms with Crippen LogP contribution >= 0.6 is 11.6 Å². The number of benzene rings is 2. The Bertz CT molecular complexity index is 1120. The second-order valence-electron chi connectivity index (χ2n) is 6.58. The van der Waals surface area contributed by atoms with Crippen molar-refractivity contribution in [1.82, 2.24) is 4.57 Å². The molecule has 0 amide bonds. The summed E-state index contributed by atoms with van der Waals surface area (Å²) >= 11 is 5.81. The fourth-order valence-electron chi connectivity index (χ4n) is 3.20. The average Bonchev–Trinajstić information content (AvgIpc) is 2.66. The smallest absolute Gasteiger partial charge is 0.341 e. The van der Waals surface area contributed by atoms with Crippen LogP contribution in [0.4, 0.5) is 4.39 Å². The Labute approximate surface area is 165 Å². The van der Waals surface area contributed by atoms with Gasteiger partial charge in [-0.1, -0.05) is 43.1 Å². The molecule has 0 fully saturated rings. The van der Waals surface area contributed by atoms with Gasteiger partial charge in [-0.2, -0.15) is 0 Å². The molecular formula is C21H19ClFNO4. The van der Waals surface area contributed by atoms with Crippen molar-refractivity contribution >= 4 is 28.5 Å². The van der Waals surface area contributed by atoms with Crippen LogP contribution in [0.5, 0.6) is 5.75 Å². The summed E-state index contributed by atoms with van der Waals surface area (Å²) in [6.45, 7) is 2.51. The zero-order valence-corrected chi connectivity index (χ0v) is 16.0. The van der Waals surface area contributed by atoms with Crippen molar-refractivity contribution in [2.45, 2.75) is 32.7 Å². The van der Waals surface area contributed by atoms with Gasteiger partial charge in [-0.15, -0.1) is 0 Å². The fraction of sp³-hybridized carbons (Fsp3) is 0.238. The molecule has 0 bridgehead atoms. The van der Waals surface area contributed by atoms with Gasteiger partial charge in [0.1, 0.15) is 17.1 Å². The van der Waals surface area contributed by atoms with Crippen molar-refractivity contribution in [3.63, 3.8) is 0 Å². The summed E-state index contributed by atoms with van der Waals surface area (Å²) in [4.78, 5) is 24.2. The molecule has 0 aliphatic rings. The van der Waals surface area contributed by atoms with E-state index in [1.165, 1.54) is 18.3 Å². The molecule has 2 N–H and O–H groups in total. The number of carboxylic acid groups (broad SMARTS) is 1. The highest BCUT2D eigenvalue weighted by Gasteiger charge is 2.19. The molecule has 0 aliphatic heterocycles. The molecule has 1 aromatic heterocycles. The van der Waals surface area contributed by atoms with Gasteiger partial charge in [-0.05, 0) is 29.7 Å². The Hall–Kier alpha value is -2.86. The lowest BCUT2D eigenvalue weighted by Crippen LogP contribution is -2.19. The van der Waals surface area contributed by atoms with E-state index in [0.29, 0.717) is 17.6 Å². The first-order chi connectivity index (χ1) is 13.3. The number of fused-ring (bicyclic) bond motifs is 1. The lowest BCUT2D eigenvalue weighted by atomic mass is 10.00. The number of hydrogen-bond acceptors (Lipinski definition) is 3. The van der Waals surface area contributed by atoms with E-state index in [2.05, 4.69) is 0 Å². The minimum absolute atomic E-state index is 0.0138. The number of aromatic carboxylic acids is 1. The van der Waals surface area contributed by atoms with Crippen LogP contribution in [0.25, 0.3) is 10.9 Å². The molecule has 0 saturated heterocycles. The summed E-state index contributed by atoms with van der Waals surface area (Å²) in [5.41, 5.74) is -0.152. The van der Waals surface area contributed by atoms with Gasteiger partial charge in [-0.25, -0.2) is 9.18 Å². The van der Waals surface area contributed by atoms with Gasteiger partial charge in [-0.3, -0.25) is 4.79 Å². The Morgan fingerprint density at radius 3 is 2.64 bits per heavy atom. The van der Waals surface area contributed by atoms with Crippen LogP contribution < -0.4 is 5.43 Å². The van der Waals surface area contributed by atoms with Gasteiger partial charge in [0.15, 0.2) is 0 Å². The predicted molar refractivity (Wildman–Crippen MR) is 106 cm³/mol. The summed E-state index contributed by atoms with van der Waals surface area (Å²) in [5.74, 6) is -2.29. The molecule has 7 heteroatoms. The number of unbranched alkanes of at least 4 members (excludes halogenated alkanes) is 1. The van der Waals surface area contributed by atoms with Crippen LogP contribution in [0, 0.1) is 5.82 Å². The van der Waals surface area contributed by atoms with Crippen molar-refractivity contribution < 1.29 is 19.4 Å². The third-order valence-corrected chi connectivity index (χ3v) is 4.99. The highest BCUT2D eigenvalue weighted by Crippen LogP contribution is 2.30. The summed E-state index contributed by atoms with van der Waals surface area (Å²) in [6, 6.07) is 7.82. The van der Waals surface area contributed by atoms with Gasteiger partial charge in [0, 0.05) is 19.2 Å². The van der Waals surface area contributed by atoms with Crippen molar-refractivity contribution in [2.24, 2.45) is 0 Å². The van der Waals surface area contributed by atoms with Crippen molar-refractivity contribution in [2.75, 3.05) is 0 Å². The number of carboxylic acids is 1. The molecular weight excluding hydrogens is 385 g/mol. The summed E-state index contributed by atoms with van der Waals surface area (Å²) in [6.07, 6.45) is 2.99. The minimum atomic E-state index is -1.36. The van der Waals surface area contributed by atoms with E-state index >= 15 is 0 Å². The molecule has 0 saturated carbocycles. The number of pyridine rings is 1. The number of phenols is 1. The average molecular weight is 404 g/mol.